The molecule has 0 spiro atoms. The van der Waals surface area contributed by atoms with Gasteiger partial charge >= 0.3 is 0 Å². The fourth-order valence-electron chi connectivity index (χ4n) is 1.06. The van der Waals surface area contributed by atoms with Gasteiger partial charge in [-0.25, -0.2) is 4.39 Å². The molecule has 1 N–H and O–H groups in total. The van der Waals surface area contributed by atoms with E-state index in [0.29, 0.717) is 0 Å². The Morgan fingerprint density at radius 1 is 1.31 bits per heavy atom. The number of aliphatic hydroxyl groups excluding tert-OH is 1. The van der Waals surface area contributed by atoms with Gasteiger partial charge in [0.25, 0.3) is 0 Å². The highest BCUT2D eigenvalue weighted by atomic mass is 19.1. The molecule has 0 fully saturated rings. The maximum absolute atomic E-state index is 13.3. The number of ether oxygens (including phenoxy) is 2. The number of halogens is 1. The van der Waals surface area contributed by atoms with Gasteiger partial charge in [-0.2, -0.15) is 5.26 Å². The van der Waals surface area contributed by atoms with E-state index in [1.54, 1.807) is 0 Å². The minimum Gasteiger partial charge on any atom is -0.488 e. The molecule has 0 aliphatic rings. The molecule has 5 heteroatoms. The standard InChI is InChI=1S/C11H12FNO3/c12-10-7-9(8-13)1-2-11(10)16-6-5-15-4-3-14/h1-2,7,14H,3-6H2. The summed E-state index contributed by atoms with van der Waals surface area (Å²) in [5, 5.41) is 17.0. The Balaban J connectivity index is 2.40. The van der Waals surface area contributed by atoms with Gasteiger partial charge in [0.1, 0.15) is 6.61 Å². The topological polar surface area (TPSA) is 62.5 Å². The van der Waals surface area contributed by atoms with E-state index in [1.165, 1.54) is 12.1 Å². The molecular formula is C11H12FNO3. The second-order valence-electron chi connectivity index (χ2n) is 2.94. The molecule has 0 bridgehead atoms. The first-order valence-corrected chi connectivity index (χ1v) is 4.79. The Kier molecular flexibility index (Phi) is 5.26. The van der Waals surface area contributed by atoms with E-state index in [2.05, 4.69) is 0 Å². The van der Waals surface area contributed by atoms with Crippen molar-refractivity contribution in [2.45, 2.75) is 0 Å². The fourth-order valence-corrected chi connectivity index (χ4v) is 1.06. The van der Waals surface area contributed by atoms with Crippen molar-refractivity contribution in [2.24, 2.45) is 0 Å². The highest BCUT2D eigenvalue weighted by molar-refractivity contribution is 5.35. The van der Waals surface area contributed by atoms with Crippen LogP contribution in [0.3, 0.4) is 0 Å². The van der Waals surface area contributed by atoms with E-state index in [-0.39, 0.29) is 37.7 Å². The molecule has 0 aliphatic heterocycles. The van der Waals surface area contributed by atoms with Crippen molar-refractivity contribution in [3.8, 4) is 11.8 Å². The van der Waals surface area contributed by atoms with Crippen LogP contribution in [0.2, 0.25) is 0 Å². The van der Waals surface area contributed by atoms with E-state index in [4.69, 9.17) is 19.8 Å². The lowest BCUT2D eigenvalue weighted by Gasteiger charge is -2.07. The molecule has 0 heterocycles. The molecule has 1 aromatic rings. The van der Waals surface area contributed by atoms with Gasteiger partial charge < -0.3 is 14.6 Å². The van der Waals surface area contributed by atoms with Gasteiger partial charge in [-0.05, 0) is 18.2 Å². The van der Waals surface area contributed by atoms with E-state index >= 15 is 0 Å². The zero-order chi connectivity index (χ0) is 11.8. The third kappa shape index (κ3) is 3.85. The largest absolute Gasteiger partial charge is 0.488 e. The lowest BCUT2D eigenvalue weighted by Crippen LogP contribution is -2.09. The summed E-state index contributed by atoms with van der Waals surface area (Å²) in [5.41, 5.74) is 0.251. The molecular weight excluding hydrogens is 213 g/mol. The zero-order valence-corrected chi connectivity index (χ0v) is 8.65. The van der Waals surface area contributed by atoms with Crippen LogP contribution in [0.15, 0.2) is 18.2 Å². The minimum atomic E-state index is -0.568. The number of nitrogens with zero attached hydrogens (tertiary/aromatic N) is 1. The molecule has 0 aliphatic carbocycles. The van der Waals surface area contributed by atoms with E-state index in [1.807, 2.05) is 6.07 Å². The lowest BCUT2D eigenvalue weighted by atomic mass is 10.2. The normalized spacial score (nSPS) is 9.81. The van der Waals surface area contributed by atoms with E-state index in [0.717, 1.165) is 6.07 Å². The fraction of sp³-hybridized carbons (Fsp3) is 0.364. The highest BCUT2D eigenvalue weighted by Gasteiger charge is 2.04. The number of nitriles is 1. The maximum Gasteiger partial charge on any atom is 0.166 e. The molecule has 4 nitrogen and oxygen atoms in total. The summed E-state index contributed by atoms with van der Waals surface area (Å²) in [6.07, 6.45) is 0. The number of rotatable bonds is 6. The molecule has 1 rings (SSSR count). The Morgan fingerprint density at radius 3 is 2.75 bits per heavy atom. The quantitative estimate of drug-likeness (QED) is 0.736. The van der Waals surface area contributed by atoms with Crippen LogP contribution < -0.4 is 4.74 Å². The van der Waals surface area contributed by atoms with Gasteiger partial charge in [0.2, 0.25) is 0 Å². The maximum atomic E-state index is 13.3. The Hall–Kier alpha value is -1.64. The second-order valence-corrected chi connectivity index (χ2v) is 2.94. The average molecular weight is 225 g/mol. The Morgan fingerprint density at radius 2 is 2.12 bits per heavy atom. The number of aliphatic hydroxyl groups is 1. The molecule has 0 saturated carbocycles. The van der Waals surface area contributed by atoms with Crippen LogP contribution in [0, 0.1) is 17.1 Å². The first kappa shape index (κ1) is 12.4. The lowest BCUT2D eigenvalue weighted by molar-refractivity contribution is 0.0696. The van der Waals surface area contributed by atoms with E-state index in [9.17, 15) is 4.39 Å². The summed E-state index contributed by atoms with van der Waals surface area (Å²) in [5.74, 6) is -0.479. The number of hydrogen-bond donors (Lipinski definition) is 1. The predicted octanol–water partition coefficient (Wildman–Crippen LogP) is 1.09. The van der Waals surface area contributed by atoms with Crippen molar-refractivity contribution in [2.75, 3.05) is 26.4 Å². The minimum absolute atomic E-state index is 0.0504. The van der Waals surface area contributed by atoms with Crippen molar-refractivity contribution >= 4 is 0 Å². The van der Waals surface area contributed by atoms with Gasteiger partial charge in [0, 0.05) is 0 Å². The first-order valence-electron chi connectivity index (χ1n) is 4.79. The molecule has 0 amide bonds. The highest BCUT2D eigenvalue weighted by Crippen LogP contribution is 2.17. The molecule has 0 saturated heterocycles. The Labute approximate surface area is 92.8 Å². The summed E-state index contributed by atoms with van der Waals surface area (Å²) in [6, 6.07) is 5.83. The van der Waals surface area contributed by atoms with Crippen LogP contribution in [-0.2, 0) is 4.74 Å². The zero-order valence-electron chi connectivity index (χ0n) is 8.65. The van der Waals surface area contributed by atoms with Crippen molar-refractivity contribution < 1.29 is 19.0 Å². The number of hydrogen-bond acceptors (Lipinski definition) is 4. The Bertz CT molecular complexity index is 376. The average Bonchev–Trinajstić information content (AvgIpc) is 2.30. The summed E-state index contributed by atoms with van der Waals surface area (Å²) >= 11 is 0. The van der Waals surface area contributed by atoms with Gasteiger partial charge in [-0.15, -0.1) is 0 Å². The smallest absolute Gasteiger partial charge is 0.166 e. The van der Waals surface area contributed by atoms with Crippen LogP contribution in [0.5, 0.6) is 5.75 Å². The van der Waals surface area contributed by atoms with Gasteiger partial charge in [0.05, 0.1) is 31.5 Å². The molecule has 0 unspecified atom stereocenters. The van der Waals surface area contributed by atoms with Crippen LogP contribution in [0.25, 0.3) is 0 Å². The van der Waals surface area contributed by atoms with Crippen molar-refractivity contribution in [1.29, 1.82) is 5.26 Å². The first-order chi connectivity index (χ1) is 7.77. The predicted molar refractivity (Wildman–Crippen MR) is 54.5 cm³/mol. The molecule has 16 heavy (non-hydrogen) atoms. The van der Waals surface area contributed by atoms with Crippen LogP contribution in [0.1, 0.15) is 5.56 Å². The summed E-state index contributed by atoms with van der Waals surface area (Å²) in [4.78, 5) is 0. The van der Waals surface area contributed by atoms with Gasteiger partial charge in [0.15, 0.2) is 11.6 Å². The van der Waals surface area contributed by atoms with Crippen molar-refractivity contribution in [1.82, 2.24) is 0 Å². The second kappa shape index (κ2) is 6.77. The third-order valence-electron chi connectivity index (χ3n) is 1.78. The number of benzene rings is 1. The molecule has 0 aromatic heterocycles. The summed E-state index contributed by atoms with van der Waals surface area (Å²) < 4.78 is 23.3. The van der Waals surface area contributed by atoms with Crippen molar-refractivity contribution in [3.05, 3.63) is 29.6 Å². The van der Waals surface area contributed by atoms with E-state index < -0.39 is 5.82 Å². The van der Waals surface area contributed by atoms with Crippen LogP contribution in [0.4, 0.5) is 4.39 Å². The SMILES string of the molecule is N#Cc1ccc(OCCOCCO)c(F)c1. The summed E-state index contributed by atoms with van der Waals surface area (Å²) in [7, 11) is 0. The summed E-state index contributed by atoms with van der Waals surface area (Å²) in [6.45, 7) is 0.660. The molecule has 0 radical (unpaired) electrons. The van der Waals surface area contributed by atoms with Gasteiger partial charge in [-0.1, -0.05) is 0 Å². The van der Waals surface area contributed by atoms with Crippen molar-refractivity contribution in [3.63, 3.8) is 0 Å². The van der Waals surface area contributed by atoms with Crippen LogP contribution >= 0.6 is 0 Å². The molecule has 86 valence electrons. The molecule has 0 atom stereocenters. The monoisotopic (exact) mass is 225 g/mol. The molecule has 1 aromatic carbocycles. The van der Waals surface area contributed by atoms with Gasteiger partial charge in [-0.3, -0.25) is 0 Å². The van der Waals surface area contributed by atoms with Crippen LogP contribution in [-0.4, -0.2) is 31.5 Å². The third-order valence-corrected chi connectivity index (χ3v) is 1.78.